The zero-order chi connectivity index (χ0) is 16.9. The van der Waals surface area contributed by atoms with Crippen LogP contribution in [0.3, 0.4) is 0 Å². The van der Waals surface area contributed by atoms with E-state index in [1.165, 1.54) is 12.1 Å². The Labute approximate surface area is 145 Å². The van der Waals surface area contributed by atoms with Gasteiger partial charge >= 0.3 is 6.18 Å². The average molecular weight is 367 g/mol. The fourth-order valence-corrected chi connectivity index (χ4v) is 2.73. The first-order chi connectivity index (χ1) is 10.9. The highest BCUT2D eigenvalue weighted by molar-refractivity contribution is 5.85. The summed E-state index contributed by atoms with van der Waals surface area (Å²) in [5, 5.41) is 2.74. The van der Waals surface area contributed by atoms with Crippen molar-refractivity contribution in [3.8, 4) is 5.75 Å². The van der Waals surface area contributed by atoms with Crippen LogP contribution in [-0.2, 0) is 11.0 Å². The molecule has 1 aliphatic carbocycles. The summed E-state index contributed by atoms with van der Waals surface area (Å²) < 4.78 is 42.5. The van der Waals surface area contributed by atoms with Gasteiger partial charge in [-0.1, -0.05) is 6.42 Å². The molecule has 1 amide bonds. The Hall–Kier alpha value is -1.47. The van der Waals surface area contributed by atoms with Crippen LogP contribution in [0, 0.1) is 5.92 Å². The molecule has 0 unspecified atom stereocenters. The molecule has 1 aromatic rings. The number of nitrogens with two attached hydrogens (primary N) is 1. The smallest absolute Gasteiger partial charge is 0.416 e. The average Bonchev–Trinajstić information content (AvgIpc) is 2.88. The third-order valence-electron chi connectivity index (χ3n) is 4.04. The number of nitrogens with one attached hydrogen (secondary N) is 1. The molecule has 1 fully saturated rings. The highest BCUT2D eigenvalue weighted by Crippen LogP contribution is 2.30. The van der Waals surface area contributed by atoms with E-state index in [2.05, 4.69) is 5.32 Å². The Morgan fingerprint density at radius 2 is 1.92 bits per heavy atom. The van der Waals surface area contributed by atoms with E-state index >= 15 is 0 Å². The van der Waals surface area contributed by atoms with E-state index in [4.69, 9.17) is 10.5 Å². The maximum atomic E-state index is 12.4. The van der Waals surface area contributed by atoms with Gasteiger partial charge in [0, 0.05) is 12.5 Å². The Morgan fingerprint density at radius 3 is 2.46 bits per heavy atom. The predicted octanol–water partition coefficient (Wildman–Crippen LogP) is 3.14. The number of carbonyl (C=O) groups excluding carboxylic acids is 1. The van der Waals surface area contributed by atoms with E-state index in [0.29, 0.717) is 18.7 Å². The van der Waals surface area contributed by atoms with Gasteiger partial charge in [-0.2, -0.15) is 13.2 Å². The van der Waals surface area contributed by atoms with E-state index in [9.17, 15) is 18.0 Å². The number of alkyl halides is 3. The fourth-order valence-electron chi connectivity index (χ4n) is 2.73. The van der Waals surface area contributed by atoms with Crippen molar-refractivity contribution in [2.75, 3.05) is 13.2 Å². The lowest BCUT2D eigenvalue weighted by molar-refractivity contribution is -0.137. The second-order valence-electron chi connectivity index (χ2n) is 5.78. The van der Waals surface area contributed by atoms with Crippen molar-refractivity contribution >= 4 is 18.3 Å². The van der Waals surface area contributed by atoms with Crippen LogP contribution in [0.15, 0.2) is 24.3 Å². The van der Waals surface area contributed by atoms with E-state index in [1.54, 1.807) is 0 Å². The van der Waals surface area contributed by atoms with Crippen molar-refractivity contribution in [3.63, 3.8) is 0 Å². The van der Waals surface area contributed by atoms with Crippen LogP contribution in [0.25, 0.3) is 0 Å². The van der Waals surface area contributed by atoms with E-state index < -0.39 is 11.7 Å². The molecule has 4 nitrogen and oxygen atoms in total. The van der Waals surface area contributed by atoms with Gasteiger partial charge in [0.1, 0.15) is 12.4 Å². The highest BCUT2D eigenvalue weighted by atomic mass is 35.5. The highest BCUT2D eigenvalue weighted by Gasteiger charge is 2.30. The van der Waals surface area contributed by atoms with Crippen molar-refractivity contribution in [1.82, 2.24) is 5.32 Å². The fraction of sp³-hybridized carbons (Fsp3) is 0.562. The summed E-state index contributed by atoms with van der Waals surface area (Å²) in [6.45, 7) is 0.510. The standard InChI is InChI=1S/C16H21F3N2O2.ClH/c17-16(18,19)12-4-6-13(7-5-12)23-9-8-21-15(22)10-11-2-1-3-14(11)20;/h4-7,11,14H,1-3,8-10,20H2,(H,21,22);1H/t11-,14+;/m0./s1. The van der Waals surface area contributed by atoms with E-state index in [-0.39, 0.29) is 36.9 Å². The summed E-state index contributed by atoms with van der Waals surface area (Å²) in [6, 6.07) is 4.57. The summed E-state index contributed by atoms with van der Waals surface area (Å²) in [4.78, 5) is 11.8. The monoisotopic (exact) mass is 366 g/mol. The quantitative estimate of drug-likeness (QED) is 0.760. The van der Waals surface area contributed by atoms with Gasteiger partial charge in [0.2, 0.25) is 5.91 Å². The normalized spacial score (nSPS) is 20.3. The van der Waals surface area contributed by atoms with Crippen LogP contribution in [0.4, 0.5) is 13.2 Å². The summed E-state index contributed by atoms with van der Waals surface area (Å²) in [6.07, 6.45) is -0.920. The minimum Gasteiger partial charge on any atom is -0.492 e. The van der Waals surface area contributed by atoms with Gasteiger partial charge in [0.15, 0.2) is 0 Å². The second kappa shape index (κ2) is 9.13. The first-order valence-electron chi connectivity index (χ1n) is 7.68. The van der Waals surface area contributed by atoms with Gasteiger partial charge in [-0.15, -0.1) is 12.4 Å². The van der Waals surface area contributed by atoms with Crippen molar-refractivity contribution in [3.05, 3.63) is 29.8 Å². The molecule has 2 rings (SSSR count). The maximum absolute atomic E-state index is 12.4. The van der Waals surface area contributed by atoms with Gasteiger partial charge < -0.3 is 15.8 Å². The van der Waals surface area contributed by atoms with Gasteiger partial charge in [-0.05, 0) is 43.0 Å². The van der Waals surface area contributed by atoms with Crippen LogP contribution in [0.2, 0.25) is 0 Å². The molecule has 2 atom stereocenters. The molecule has 0 heterocycles. The Kier molecular flexibility index (Phi) is 7.83. The Morgan fingerprint density at radius 1 is 1.25 bits per heavy atom. The largest absolute Gasteiger partial charge is 0.492 e. The lowest BCUT2D eigenvalue weighted by Gasteiger charge is -2.15. The van der Waals surface area contributed by atoms with E-state index in [0.717, 1.165) is 31.4 Å². The first-order valence-corrected chi connectivity index (χ1v) is 7.68. The molecule has 0 aromatic heterocycles. The molecular weight excluding hydrogens is 345 g/mol. The molecule has 24 heavy (non-hydrogen) atoms. The van der Waals surface area contributed by atoms with Gasteiger partial charge in [0.25, 0.3) is 0 Å². The lowest BCUT2D eigenvalue weighted by Crippen LogP contribution is -2.33. The maximum Gasteiger partial charge on any atom is 0.416 e. The van der Waals surface area contributed by atoms with Gasteiger partial charge in [0.05, 0.1) is 12.1 Å². The zero-order valence-corrected chi connectivity index (χ0v) is 14.0. The summed E-state index contributed by atoms with van der Waals surface area (Å²) >= 11 is 0. The molecule has 8 heteroatoms. The number of benzene rings is 1. The van der Waals surface area contributed by atoms with Crippen molar-refractivity contribution < 1.29 is 22.7 Å². The number of hydrogen-bond acceptors (Lipinski definition) is 3. The number of carbonyl (C=O) groups is 1. The molecule has 1 aromatic carbocycles. The second-order valence-corrected chi connectivity index (χ2v) is 5.78. The van der Waals surface area contributed by atoms with Crippen molar-refractivity contribution in [1.29, 1.82) is 0 Å². The molecule has 136 valence electrons. The molecule has 0 bridgehead atoms. The molecule has 0 aliphatic heterocycles. The van der Waals surface area contributed by atoms with Crippen LogP contribution >= 0.6 is 12.4 Å². The van der Waals surface area contributed by atoms with Crippen molar-refractivity contribution in [2.24, 2.45) is 11.7 Å². The number of halogens is 4. The first kappa shape index (κ1) is 20.6. The number of hydrogen-bond donors (Lipinski definition) is 2. The predicted molar refractivity (Wildman–Crippen MR) is 87.1 cm³/mol. The third-order valence-corrected chi connectivity index (χ3v) is 4.04. The number of rotatable bonds is 6. The van der Waals surface area contributed by atoms with Gasteiger partial charge in [-0.25, -0.2) is 0 Å². The Balaban J connectivity index is 0.00000288. The molecule has 0 saturated heterocycles. The summed E-state index contributed by atoms with van der Waals surface area (Å²) in [5.41, 5.74) is 5.20. The zero-order valence-electron chi connectivity index (χ0n) is 13.1. The molecule has 0 radical (unpaired) electrons. The summed E-state index contributed by atoms with van der Waals surface area (Å²) in [7, 11) is 0. The van der Waals surface area contributed by atoms with Crippen LogP contribution in [0.5, 0.6) is 5.75 Å². The van der Waals surface area contributed by atoms with Crippen molar-refractivity contribution in [2.45, 2.75) is 37.9 Å². The number of ether oxygens (including phenoxy) is 1. The van der Waals surface area contributed by atoms with E-state index in [1.807, 2.05) is 0 Å². The minimum absolute atomic E-state index is 0. The Bertz CT molecular complexity index is 523. The molecular formula is C16H22ClF3N2O2. The molecule has 0 spiro atoms. The SMILES string of the molecule is Cl.N[C@@H]1CCC[C@H]1CC(=O)NCCOc1ccc(C(F)(F)F)cc1. The minimum atomic E-state index is -4.35. The third kappa shape index (κ3) is 6.20. The van der Waals surface area contributed by atoms with Crippen LogP contribution in [0.1, 0.15) is 31.2 Å². The topological polar surface area (TPSA) is 64.4 Å². The molecule has 1 aliphatic rings. The number of amides is 1. The molecule has 3 N–H and O–H groups in total. The van der Waals surface area contributed by atoms with Crippen LogP contribution in [-0.4, -0.2) is 25.1 Å². The van der Waals surface area contributed by atoms with Gasteiger partial charge in [-0.3, -0.25) is 4.79 Å². The summed E-state index contributed by atoms with van der Waals surface area (Å²) in [5.74, 6) is 0.513. The van der Waals surface area contributed by atoms with Crippen LogP contribution < -0.4 is 15.8 Å². The lowest BCUT2D eigenvalue weighted by atomic mass is 10.00. The molecule has 1 saturated carbocycles.